The van der Waals surface area contributed by atoms with Crippen LogP contribution in [0.5, 0.6) is 0 Å². The van der Waals surface area contributed by atoms with Gasteiger partial charge >= 0.3 is 0 Å². The highest BCUT2D eigenvalue weighted by Gasteiger charge is 2.17. The van der Waals surface area contributed by atoms with Gasteiger partial charge in [-0.1, -0.05) is 11.8 Å². The van der Waals surface area contributed by atoms with Crippen molar-refractivity contribution in [2.45, 2.75) is 12.8 Å². The number of rotatable bonds is 2. The van der Waals surface area contributed by atoms with Crippen LogP contribution >= 0.6 is 11.3 Å². The van der Waals surface area contributed by atoms with Gasteiger partial charge in [0.2, 0.25) is 0 Å². The fourth-order valence-electron chi connectivity index (χ4n) is 2.50. The zero-order chi connectivity index (χ0) is 13.8. The third kappa shape index (κ3) is 3.18. The topological polar surface area (TPSA) is 36.4 Å². The number of aromatic nitrogens is 1. The quantitative estimate of drug-likeness (QED) is 0.861. The predicted molar refractivity (Wildman–Crippen MR) is 82.7 cm³/mol. The van der Waals surface area contributed by atoms with Gasteiger partial charge in [0.25, 0.3) is 0 Å². The minimum atomic E-state index is 0.328. The van der Waals surface area contributed by atoms with E-state index in [0.29, 0.717) is 12.5 Å². The molecule has 2 aromatic rings. The molecule has 20 heavy (non-hydrogen) atoms. The first-order valence-electron chi connectivity index (χ1n) is 7.02. The second-order valence-corrected chi connectivity index (χ2v) is 6.29. The Morgan fingerprint density at radius 2 is 2.25 bits per heavy atom. The van der Waals surface area contributed by atoms with E-state index in [9.17, 15) is 0 Å². The predicted octanol–water partition coefficient (Wildman–Crippen LogP) is 2.35. The molecule has 0 bridgehead atoms. The average molecular weight is 286 g/mol. The Hall–Kier alpha value is -1.41. The standard InChI is InChI=1S/C16H18N2OS/c19-12-13-5-9-18(10-6-13)8-2-3-14-11-15-16(20-14)4-1-7-17-15/h1,4,7,11,13,19H,5-6,8-10,12H2. The SMILES string of the molecule is OCC1CCN(CC#Cc2cc3ncccc3s2)CC1. The highest BCUT2D eigenvalue weighted by atomic mass is 32.1. The van der Waals surface area contributed by atoms with Crippen molar-refractivity contribution in [1.29, 1.82) is 0 Å². The molecule has 1 aliphatic rings. The van der Waals surface area contributed by atoms with Crippen LogP contribution in [0.15, 0.2) is 24.4 Å². The van der Waals surface area contributed by atoms with Gasteiger partial charge in [0.1, 0.15) is 0 Å². The molecule has 0 aromatic carbocycles. The number of fused-ring (bicyclic) bond motifs is 1. The molecule has 0 unspecified atom stereocenters. The third-order valence-electron chi connectivity index (χ3n) is 3.77. The lowest BCUT2D eigenvalue weighted by atomic mass is 9.98. The van der Waals surface area contributed by atoms with Crippen LogP contribution in [0, 0.1) is 17.8 Å². The lowest BCUT2D eigenvalue weighted by Gasteiger charge is -2.29. The molecule has 104 valence electrons. The van der Waals surface area contributed by atoms with Crippen LogP contribution in [0.1, 0.15) is 17.7 Å². The number of aliphatic hydroxyl groups excluding tert-OH is 1. The van der Waals surface area contributed by atoms with Crippen LogP contribution in [0.2, 0.25) is 0 Å². The maximum Gasteiger partial charge on any atom is 0.0822 e. The van der Waals surface area contributed by atoms with Crippen molar-refractivity contribution in [3.63, 3.8) is 0 Å². The fraction of sp³-hybridized carbons (Fsp3) is 0.438. The molecule has 0 aliphatic carbocycles. The van der Waals surface area contributed by atoms with Crippen molar-refractivity contribution in [2.75, 3.05) is 26.2 Å². The van der Waals surface area contributed by atoms with Crippen LogP contribution in [0.25, 0.3) is 10.2 Å². The summed E-state index contributed by atoms with van der Waals surface area (Å²) in [6.07, 6.45) is 3.99. The maximum absolute atomic E-state index is 9.12. The molecule has 3 heterocycles. The first kappa shape index (κ1) is 13.6. The van der Waals surface area contributed by atoms with E-state index < -0.39 is 0 Å². The van der Waals surface area contributed by atoms with Gasteiger partial charge in [0, 0.05) is 12.8 Å². The number of aliphatic hydroxyl groups is 1. The summed E-state index contributed by atoms with van der Waals surface area (Å²) in [4.78, 5) is 7.78. The Morgan fingerprint density at radius 3 is 3.00 bits per heavy atom. The Bertz CT molecular complexity index is 599. The number of hydrogen-bond acceptors (Lipinski definition) is 4. The lowest BCUT2D eigenvalue weighted by Crippen LogP contribution is -2.34. The van der Waals surface area contributed by atoms with Crippen molar-refractivity contribution < 1.29 is 5.11 Å². The lowest BCUT2D eigenvalue weighted by molar-refractivity contribution is 0.140. The van der Waals surface area contributed by atoms with Crippen LogP contribution < -0.4 is 0 Å². The van der Waals surface area contributed by atoms with Crippen LogP contribution in [0.4, 0.5) is 0 Å². The van der Waals surface area contributed by atoms with E-state index in [-0.39, 0.29) is 0 Å². The Kier molecular flexibility index (Phi) is 4.31. The van der Waals surface area contributed by atoms with E-state index in [1.165, 1.54) is 4.70 Å². The molecular weight excluding hydrogens is 268 g/mol. The molecule has 2 aromatic heterocycles. The van der Waals surface area contributed by atoms with Crippen LogP contribution in [-0.2, 0) is 0 Å². The monoisotopic (exact) mass is 286 g/mol. The summed E-state index contributed by atoms with van der Waals surface area (Å²) >= 11 is 1.70. The highest BCUT2D eigenvalue weighted by molar-refractivity contribution is 7.19. The van der Waals surface area contributed by atoms with E-state index in [2.05, 4.69) is 33.9 Å². The molecule has 0 radical (unpaired) electrons. The number of hydrogen-bond donors (Lipinski definition) is 1. The van der Waals surface area contributed by atoms with Gasteiger partial charge in [-0.3, -0.25) is 9.88 Å². The first-order valence-corrected chi connectivity index (χ1v) is 7.83. The second-order valence-electron chi connectivity index (χ2n) is 5.20. The normalized spacial score (nSPS) is 17.1. The third-order valence-corrected chi connectivity index (χ3v) is 4.77. The molecule has 0 amide bonds. The molecule has 4 heteroatoms. The summed E-state index contributed by atoms with van der Waals surface area (Å²) in [6, 6.07) is 6.10. The summed E-state index contributed by atoms with van der Waals surface area (Å²) in [7, 11) is 0. The van der Waals surface area contributed by atoms with Gasteiger partial charge in [0.15, 0.2) is 0 Å². The smallest absolute Gasteiger partial charge is 0.0822 e. The van der Waals surface area contributed by atoms with Gasteiger partial charge in [-0.2, -0.15) is 0 Å². The highest BCUT2D eigenvalue weighted by Crippen LogP contribution is 2.22. The molecule has 3 rings (SSSR count). The zero-order valence-electron chi connectivity index (χ0n) is 11.4. The van der Waals surface area contributed by atoms with Gasteiger partial charge in [-0.15, -0.1) is 11.3 Å². The van der Waals surface area contributed by atoms with Crippen LogP contribution in [-0.4, -0.2) is 41.2 Å². The Morgan fingerprint density at radius 1 is 1.40 bits per heavy atom. The zero-order valence-corrected chi connectivity index (χ0v) is 12.2. The van der Waals surface area contributed by atoms with Crippen molar-refractivity contribution in [2.24, 2.45) is 5.92 Å². The summed E-state index contributed by atoms with van der Waals surface area (Å²) in [5.74, 6) is 7.00. The molecule has 0 atom stereocenters. The minimum Gasteiger partial charge on any atom is -0.396 e. The van der Waals surface area contributed by atoms with Crippen molar-refractivity contribution >= 4 is 21.6 Å². The molecular formula is C16H18N2OS. The molecule has 1 saturated heterocycles. The van der Waals surface area contributed by atoms with Crippen molar-refractivity contribution in [3.05, 3.63) is 29.3 Å². The Balaban J connectivity index is 1.59. The van der Waals surface area contributed by atoms with E-state index >= 15 is 0 Å². The largest absolute Gasteiger partial charge is 0.396 e. The number of piperidine rings is 1. The summed E-state index contributed by atoms with van der Waals surface area (Å²) in [5, 5.41) is 9.12. The summed E-state index contributed by atoms with van der Waals surface area (Å²) in [5.41, 5.74) is 1.03. The average Bonchev–Trinajstić information content (AvgIpc) is 2.90. The number of thiophene rings is 1. The summed E-state index contributed by atoms with van der Waals surface area (Å²) in [6.45, 7) is 3.25. The summed E-state index contributed by atoms with van der Waals surface area (Å²) < 4.78 is 1.19. The molecule has 1 fully saturated rings. The van der Waals surface area contributed by atoms with E-state index in [4.69, 9.17) is 5.11 Å². The number of likely N-dealkylation sites (tertiary alicyclic amines) is 1. The van der Waals surface area contributed by atoms with Crippen molar-refractivity contribution in [3.8, 4) is 11.8 Å². The van der Waals surface area contributed by atoms with Crippen molar-refractivity contribution in [1.82, 2.24) is 9.88 Å². The van der Waals surface area contributed by atoms with E-state index in [0.717, 1.165) is 42.9 Å². The van der Waals surface area contributed by atoms with E-state index in [1.807, 2.05) is 12.3 Å². The van der Waals surface area contributed by atoms with Gasteiger partial charge in [0.05, 0.1) is 21.6 Å². The molecule has 0 spiro atoms. The van der Waals surface area contributed by atoms with Gasteiger partial charge in [-0.25, -0.2) is 0 Å². The van der Waals surface area contributed by atoms with Gasteiger partial charge < -0.3 is 5.11 Å². The van der Waals surface area contributed by atoms with Gasteiger partial charge in [-0.05, 0) is 50.0 Å². The number of pyridine rings is 1. The first-order chi connectivity index (χ1) is 9.85. The maximum atomic E-state index is 9.12. The fourth-order valence-corrected chi connectivity index (χ4v) is 3.39. The second kappa shape index (κ2) is 6.36. The molecule has 0 saturated carbocycles. The molecule has 1 N–H and O–H groups in total. The minimum absolute atomic E-state index is 0.328. The molecule has 1 aliphatic heterocycles. The molecule has 3 nitrogen and oxygen atoms in total. The Labute approximate surface area is 123 Å². The van der Waals surface area contributed by atoms with E-state index in [1.54, 1.807) is 11.3 Å². The number of nitrogens with zero attached hydrogens (tertiary/aromatic N) is 2. The van der Waals surface area contributed by atoms with Crippen LogP contribution in [0.3, 0.4) is 0 Å².